The summed E-state index contributed by atoms with van der Waals surface area (Å²) in [7, 11) is 1.61. The normalized spacial score (nSPS) is 22.0. The molecule has 0 spiro atoms. The Kier molecular flexibility index (Phi) is 4.54. The van der Waals surface area contributed by atoms with Crippen LogP contribution >= 0.6 is 23.4 Å². The molecule has 0 amide bonds. The Morgan fingerprint density at radius 3 is 3.00 bits per heavy atom. The molecule has 114 valence electrons. The third-order valence-electron chi connectivity index (χ3n) is 4.08. The fraction of sp³-hybridized carbons (Fsp3) is 0.643. The van der Waals surface area contributed by atoms with Crippen molar-refractivity contribution >= 4 is 34.5 Å². The van der Waals surface area contributed by atoms with Gasteiger partial charge in [-0.25, -0.2) is 9.97 Å². The number of alkyl halides is 1. The van der Waals surface area contributed by atoms with Crippen LogP contribution in [0.25, 0.3) is 11.2 Å². The van der Waals surface area contributed by atoms with E-state index in [1.165, 1.54) is 19.3 Å². The minimum Gasteiger partial charge on any atom is -0.479 e. The molecule has 2 atom stereocenters. The molecule has 0 bridgehead atoms. The first-order valence-electron chi connectivity index (χ1n) is 7.14. The smallest absolute Gasteiger partial charge is 0.245 e. The predicted molar refractivity (Wildman–Crippen MR) is 86.5 cm³/mol. The average Bonchev–Trinajstić information content (AvgIpc) is 3.10. The van der Waals surface area contributed by atoms with Crippen LogP contribution in [0, 0.1) is 0 Å². The number of nitrogens with zero attached hydrogens (tertiary/aromatic N) is 4. The lowest BCUT2D eigenvalue weighted by atomic mass is 10.2. The van der Waals surface area contributed by atoms with E-state index in [4.69, 9.17) is 21.3 Å². The number of imidazole rings is 1. The number of hydrogen-bond donors (Lipinski definition) is 0. The van der Waals surface area contributed by atoms with Crippen LogP contribution in [0.4, 0.5) is 0 Å². The molecule has 1 saturated carbocycles. The van der Waals surface area contributed by atoms with E-state index in [0.717, 1.165) is 23.4 Å². The van der Waals surface area contributed by atoms with Gasteiger partial charge in [0.1, 0.15) is 12.2 Å². The molecule has 7 heteroatoms. The summed E-state index contributed by atoms with van der Waals surface area (Å²) in [6.45, 7) is 0. The molecular formula is C14H19ClN4OS. The Morgan fingerprint density at radius 1 is 1.43 bits per heavy atom. The average molecular weight is 327 g/mol. The lowest BCUT2D eigenvalue weighted by molar-refractivity contribution is 0.401. The Hall–Kier alpha value is -1.01. The summed E-state index contributed by atoms with van der Waals surface area (Å²) >= 11 is 7.89. The zero-order valence-corrected chi connectivity index (χ0v) is 13.8. The van der Waals surface area contributed by atoms with Crippen LogP contribution in [0.3, 0.4) is 0 Å². The number of halogens is 1. The highest BCUT2D eigenvalue weighted by atomic mass is 35.5. The first-order chi connectivity index (χ1) is 10.3. The van der Waals surface area contributed by atoms with Crippen molar-refractivity contribution in [2.75, 3.05) is 19.2 Å². The molecular weight excluding hydrogens is 308 g/mol. The highest BCUT2D eigenvalue weighted by Crippen LogP contribution is 2.40. The monoisotopic (exact) mass is 326 g/mol. The molecule has 0 aliphatic heterocycles. The van der Waals surface area contributed by atoms with E-state index in [1.807, 2.05) is 11.8 Å². The first-order valence-corrected chi connectivity index (χ1v) is 8.97. The van der Waals surface area contributed by atoms with E-state index >= 15 is 0 Å². The van der Waals surface area contributed by atoms with Crippen molar-refractivity contribution in [3.63, 3.8) is 0 Å². The van der Waals surface area contributed by atoms with Gasteiger partial charge in [-0.15, -0.1) is 11.6 Å². The van der Waals surface area contributed by atoms with Crippen LogP contribution in [0.1, 0.15) is 31.1 Å². The van der Waals surface area contributed by atoms with Gasteiger partial charge < -0.3 is 9.30 Å². The zero-order chi connectivity index (χ0) is 14.8. The van der Waals surface area contributed by atoms with Gasteiger partial charge in [-0.3, -0.25) is 0 Å². The largest absolute Gasteiger partial charge is 0.479 e. The van der Waals surface area contributed by atoms with Crippen LogP contribution in [-0.4, -0.2) is 44.0 Å². The van der Waals surface area contributed by atoms with Crippen LogP contribution in [0.15, 0.2) is 6.33 Å². The first kappa shape index (κ1) is 14.9. The lowest BCUT2D eigenvalue weighted by Gasteiger charge is -2.21. The molecule has 2 unspecified atom stereocenters. The number of methoxy groups -OCH3 is 1. The molecule has 0 aromatic carbocycles. The number of ether oxygens (including phenoxy) is 1. The van der Waals surface area contributed by atoms with E-state index in [9.17, 15) is 0 Å². The number of aromatic nitrogens is 4. The molecule has 3 rings (SSSR count). The van der Waals surface area contributed by atoms with Gasteiger partial charge in [0.25, 0.3) is 0 Å². The van der Waals surface area contributed by atoms with Gasteiger partial charge in [-0.1, -0.05) is 6.42 Å². The van der Waals surface area contributed by atoms with Gasteiger partial charge in [0.15, 0.2) is 11.2 Å². The topological polar surface area (TPSA) is 52.8 Å². The van der Waals surface area contributed by atoms with Crippen LogP contribution in [0.5, 0.6) is 5.88 Å². The van der Waals surface area contributed by atoms with Crippen LogP contribution in [0.2, 0.25) is 0 Å². The van der Waals surface area contributed by atoms with E-state index in [2.05, 4.69) is 20.8 Å². The van der Waals surface area contributed by atoms with Gasteiger partial charge in [0.05, 0.1) is 7.11 Å². The van der Waals surface area contributed by atoms with Gasteiger partial charge in [-0.05, 0) is 19.1 Å². The maximum absolute atomic E-state index is 5.96. The molecule has 0 saturated heterocycles. The molecule has 0 radical (unpaired) electrons. The third kappa shape index (κ3) is 2.59. The molecule has 1 aliphatic rings. The van der Waals surface area contributed by atoms with Gasteiger partial charge in [0, 0.05) is 23.6 Å². The third-order valence-corrected chi connectivity index (χ3v) is 5.42. The lowest BCUT2D eigenvalue weighted by Crippen LogP contribution is -2.19. The van der Waals surface area contributed by atoms with Crippen molar-refractivity contribution < 1.29 is 4.74 Å². The maximum atomic E-state index is 5.96. The molecule has 2 aromatic rings. The number of rotatable bonds is 5. The Morgan fingerprint density at radius 2 is 2.29 bits per heavy atom. The maximum Gasteiger partial charge on any atom is 0.245 e. The number of hydrogen-bond acceptors (Lipinski definition) is 5. The Labute approximate surface area is 133 Å². The van der Waals surface area contributed by atoms with E-state index in [-0.39, 0.29) is 0 Å². The predicted octanol–water partition coefficient (Wildman–Crippen LogP) is 3.07. The minimum atomic E-state index is 0.433. The molecule has 1 aliphatic carbocycles. The second-order valence-electron chi connectivity index (χ2n) is 5.16. The van der Waals surface area contributed by atoms with Gasteiger partial charge >= 0.3 is 0 Å². The summed E-state index contributed by atoms with van der Waals surface area (Å²) in [5.74, 6) is 2.08. The summed E-state index contributed by atoms with van der Waals surface area (Å²) in [6, 6.07) is 0.433. The van der Waals surface area contributed by atoms with Gasteiger partial charge in [0.2, 0.25) is 5.88 Å². The summed E-state index contributed by atoms with van der Waals surface area (Å²) in [4.78, 5) is 13.3. The quantitative estimate of drug-likeness (QED) is 0.790. The molecule has 0 N–H and O–H groups in total. The molecule has 2 heterocycles. The van der Waals surface area contributed by atoms with Crippen LogP contribution < -0.4 is 4.74 Å². The number of fused-ring (bicyclic) bond motifs is 1. The van der Waals surface area contributed by atoms with Gasteiger partial charge in [-0.2, -0.15) is 16.7 Å². The van der Waals surface area contributed by atoms with Crippen molar-refractivity contribution in [1.82, 2.24) is 19.5 Å². The summed E-state index contributed by atoms with van der Waals surface area (Å²) in [6.07, 6.45) is 8.12. The number of aryl methyl sites for hydroxylation is 1. The molecule has 1 fully saturated rings. The second-order valence-corrected chi connectivity index (χ2v) is 6.62. The van der Waals surface area contributed by atoms with Crippen molar-refractivity contribution in [2.24, 2.45) is 0 Å². The Balaban J connectivity index is 2.16. The fourth-order valence-corrected chi connectivity index (χ4v) is 4.31. The SMILES string of the molecule is COc1ncnc2c1nc(CCCl)n2C1CCCC1SC. The second kappa shape index (κ2) is 6.40. The van der Waals surface area contributed by atoms with E-state index in [0.29, 0.717) is 23.1 Å². The summed E-state index contributed by atoms with van der Waals surface area (Å²) in [5.41, 5.74) is 1.61. The van der Waals surface area contributed by atoms with Crippen molar-refractivity contribution in [2.45, 2.75) is 37.0 Å². The van der Waals surface area contributed by atoms with E-state index < -0.39 is 0 Å². The highest BCUT2D eigenvalue weighted by molar-refractivity contribution is 7.99. The van der Waals surface area contributed by atoms with Crippen molar-refractivity contribution in [3.8, 4) is 5.88 Å². The summed E-state index contributed by atoms with van der Waals surface area (Å²) < 4.78 is 7.60. The summed E-state index contributed by atoms with van der Waals surface area (Å²) in [5, 5.41) is 0.609. The highest BCUT2D eigenvalue weighted by Gasteiger charge is 2.32. The van der Waals surface area contributed by atoms with Crippen molar-refractivity contribution in [3.05, 3.63) is 12.2 Å². The number of thioether (sulfide) groups is 1. The molecule has 2 aromatic heterocycles. The fourth-order valence-electron chi connectivity index (χ4n) is 3.17. The zero-order valence-electron chi connectivity index (χ0n) is 12.3. The standard InChI is InChI=1S/C14H19ClN4OS/c1-20-14-12-13(16-8-17-14)19(11(18-12)6-7-15)9-4-3-5-10(9)21-2/h8-10H,3-7H2,1-2H3. The minimum absolute atomic E-state index is 0.433. The molecule has 5 nitrogen and oxygen atoms in total. The van der Waals surface area contributed by atoms with E-state index in [1.54, 1.807) is 13.4 Å². The Bertz CT molecular complexity index is 633. The van der Waals surface area contributed by atoms with Crippen LogP contribution in [-0.2, 0) is 6.42 Å². The molecule has 21 heavy (non-hydrogen) atoms. The van der Waals surface area contributed by atoms with Crippen molar-refractivity contribution in [1.29, 1.82) is 0 Å².